The monoisotopic (exact) mass is 363 g/mol. The number of phenols is 1. The summed E-state index contributed by atoms with van der Waals surface area (Å²) < 4.78 is 2.11. The molecule has 2 heteroatoms. The molecule has 0 fully saturated rings. The maximum atomic E-state index is 10.7. The molecule has 0 radical (unpaired) electrons. The van der Waals surface area contributed by atoms with Crippen molar-refractivity contribution in [3.8, 4) is 22.6 Å². The van der Waals surface area contributed by atoms with Gasteiger partial charge in [-0.2, -0.15) is 0 Å². The quantitative estimate of drug-likeness (QED) is 0.368. The fraction of sp³-hybridized carbons (Fsp3) is 0.0769. The van der Waals surface area contributed by atoms with Gasteiger partial charge >= 0.3 is 0 Å². The van der Waals surface area contributed by atoms with Crippen molar-refractivity contribution in [2.45, 2.75) is 13.8 Å². The number of aryl methyl sites for hydroxylation is 2. The number of para-hydroxylation sites is 1. The number of hydrogen-bond acceptors (Lipinski definition) is 1. The van der Waals surface area contributed by atoms with E-state index in [1.807, 2.05) is 12.1 Å². The Morgan fingerprint density at radius 1 is 0.714 bits per heavy atom. The molecule has 5 rings (SSSR count). The van der Waals surface area contributed by atoms with Gasteiger partial charge in [-0.1, -0.05) is 66.2 Å². The summed E-state index contributed by atoms with van der Waals surface area (Å²) in [4.78, 5) is 0. The molecule has 0 unspecified atom stereocenters. The van der Waals surface area contributed by atoms with Crippen LogP contribution in [-0.4, -0.2) is 9.67 Å². The van der Waals surface area contributed by atoms with Crippen LogP contribution in [0.3, 0.4) is 0 Å². The number of rotatable bonds is 2. The van der Waals surface area contributed by atoms with Crippen LogP contribution in [0.25, 0.3) is 38.5 Å². The predicted octanol–water partition coefficient (Wildman–Crippen LogP) is 6.77. The van der Waals surface area contributed by atoms with Gasteiger partial charge in [0.25, 0.3) is 0 Å². The Balaban J connectivity index is 1.75. The number of hydrogen-bond donors (Lipinski definition) is 1. The fourth-order valence-electron chi connectivity index (χ4n) is 4.02. The molecule has 4 aromatic carbocycles. The maximum Gasteiger partial charge on any atom is 0.140 e. The number of benzene rings is 4. The van der Waals surface area contributed by atoms with Crippen molar-refractivity contribution in [2.75, 3.05) is 0 Å². The summed E-state index contributed by atoms with van der Waals surface area (Å²) >= 11 is 0. The third-order valence-electron chi connectivity index (χ3n) is 5.51. The fourth-order valence-corrected chi connectivity index (χ4v) is 4.02. The molecule has 0 aliphatic rings. The summed E-state index contributed by atoms with van der Waals surface area (Å²) in [5, 5.41) is 14.1. The first-order valence-corrected chi connectivity index (χ1v) is 9.52. The minimum Gasteiger partial charge on any atom is -0.506 e. The van der Waals surface area contributed by atoms with E-state index in [0.29, 0.717) is 0 Å². The number of phenolic OH excluding ortho intramolecular Hbond substituents is 1. The summed E-state index contributed by atoms with van der Waals surface area (Å²) in [6, 6.07) is 27.1. The molecule has 0 amide bonds. The summed E-state index contributed by atoms with van der Waals surface area (Å²) in [7, 11) is 0. The normalized spacial score (nSPS) is 11.4. The van der Waals surface area contributed by atoms with Gasteiger partial charge in [0.05, 0.1) is 11.2 Å². The molecule has 0 aliphatic heterocycles. The largest absolute Gasteiger partial charge is 0.506 e. The minimum atomic E-state index is 0.288. The molecule has 2 nitrogen and oxygen atoms in total. The first kappa shape index (κ1) is 16.6. The van der Waals surface area contributed by atoms with Gasteiger partial charge in [-0.05, 0) is 54.1 Å². The lowest BCUT2D eigenvalue weighted by Gasteiger charge is -2.13. The summed E-state index contributed by atoms with van der Waals surface area (Å²) in [6.07, 6.45) is 2.10. The number of fused-ring (bicyclic) bond motifs is 2. The zero-order valence-electron chi connectivity index (χ0n) is 16.0. The second-order valence-electron chi connectivity index (χ2n) is 7.43. The lowest BCUT2D eigenvalue weighted by molar-refractivity contribution is 0.473. The third-order valence-corrected chi connectivity index (χ3v) is 5.51. The molecule has 0 spiro atoms. The molecule has 1 N–H and O–H groups in total. The first-order chi connectivity index (χ1) is 13.6. The van der Waals surface area contributed by atoms with Crippen LogP contribution in [0, 0.1) is 13.8 Å². The average molecular weight is 363 g/mol. The average Bonchev–Trinajstić information content (AvgIpc) is 3.05. The lowest BCUT2D eigenvalue weighted by atomic mass is 9.99. The van der Waals surface area contributed by atoms with Gasteiger partial charge in [-0.3, -0.25) is 0 Å². The van der Waals surface area contributed by atoms with Crippen LogP contribution in [0.15, 0.2) is 85.1 Å². The molecule has 28 heavy (non-hydrogen) atoms. The van der Waals surface area contributed by atoms with E-state index in [1.165, 1.54) is 27.6 Å². The molecule has 0 saturated carbocycles. The highest BCUT2D eigenvalue weighted by atomic mass is 16.3. The highest BCUT2D eigenvalue weighted by Gasteiger charge is 2.14. The summed E-state index contributed by atoms with van der Waals surface area (Å²) in [5.74, 6) is 0.288. The Morgan fingerprint density at radius 3 is 2.29 bits per heavy atom. The Labute approximate surface area is 164 Å². The van der Waals surface area contributed by atoms with E-state index in [-0.39, 0.29) is 5.75 Å². The van der Waals surface area contributed by atoms with E-state index in [2.05, 4.69) is 85.3 Å². The first-order valence-electron chi connectivity index (χ1n) is 9.52. The lowest BCUT2D eigenvalue weighted by Crippen LogP contribution is -1.94. The molecule has 5 aromatic rings. The number of nitrogens with zero attached hydrogens (tertiary/aromatic N) is 1. The molecule has 1 heterocycles. The topological polar surface area (TPSA) is 25.2 Å². The molecule has 1 aromatic heterocycles. The van der Waals surface area contributed by atoms with E-state index >= 15 is 0 Å². The van der Waals surface area contributed by atoms with Crippen LogP contribution in [-0.2, 0) is 0 Å². The van der Waals surface area contributed by atoms with Crippen LogP contribution in [0.4, 0.5) is 0 Å². The number of aromatic hydroxyl groups is 1. The standard InChI is InChI=1S/C26H21NO/c1-17-7-9-19(10-8-17)20-11-13-23-21(15-20)12-14-25(28)26(23)27-16-18(2)22-5-3-4-6-24(22)27/h3-16,28H,1-2H3. The predicted molar refractivity (Wildman–Crippen MR) is 117 cm³/mol. The third kappa shape index (κ3) is 2.57. The Bertz CT molecular complexity index is 1330. The Morgan fingerprint density at radius 2 is 1.46 bits per heavy atom. The summed E-state index contributed by atoms with van der Waals surface area (Å²) in [5.41, 5.74) is 6.76. The van der Waals surface area contributed by atoms with Gasteiger partial charge in [0.15, 0.2) is 0 Å². The SMILES string of the molecule is Cc1ccc(-c2ccc3c(-n4cc(C)c5ccccc54)c(O)ccc3c2)cc1. The molecule has 0 atom stereocenters. The maximum absolute atomic E-state index is 10.7. The Hall–Kier alpha value is -3.52. The van der Waals surface area contributed by atoms with E-state index in [1.54, 1.807) is 6.07 Å². The van der Waals surface area contributed by atoms with Crippen LogP contribution in [0.1, 0.15) is 11.1 Å². The van der Waals surface area contributed by atoms with Crippen molar-refractivity contribution < 1.29 is 5.11 Å². The van der Waals surface area contributed by atoms with E-state index in [4.69, 9.17) is 0 Å². The van der Waals surface area contributed by atoms with E-state index in [9.17, 15) is 5.11 Å². The molecule has 0 bridgehead atoms. The zero-order chi connectivity index (χ0) is 19.3. The van der Waals surface area contributed by atoms with Crippen LogP contribution < -0.4 is 0 Å². The van der Waals surface area contributed by atoms with Gasteiger partial charge in [-0.25, -0.2) is 0 Å². The van der Waals surface area contributed by atoms with Crippen molar-refractivity contribution >= 4 is 21.7 Å². The van der Waals surface area contributed by atoms with Gasteiger partial charge in [0.2, 0.25) is 0 Å². The van der Waals surface area contributed by atoms with Crippen molar-refractivity contribution in [3.63, 3.8) is 0 Å². The minimum absolute atomic E-state index is 0.288. The smallest absolute Gasteiger partial charge is 0.140 e. The van der Waals surface area contributed by atoms with E-state index in [0.717, 1.165) is 22.0 Å². The molecule has 136 valence electrons. The van der Waals surface area contributed by atoms with E-state index < -0.39 is 0 Å². The highest BCUT2D eigenvalue weighted by Crippen LogP contribution is 2.36. The van der Waals surface area contributed by atoms with Gasteiger partial charge in [0.1, 0.15) is 5.75 Å². The molecular weight excluding hydrogens is 342 g/mol. The molecule has 0 saturated heterocycles. The highest BCUT2D eigenvalue weighted by molar-refractivity contribution is 5.98. The number of aromatic nitrogens is 1. The van der Waals surface area contributed by atoms with Crippen molar-refractivity contribution in [3.05, 3.63) is 96.2 Å². The van der Waals surface area contributed by atoms with Crippen molar-refractivity contribution in [2.24, 2.45) is 0 Å². The van der Waals surface area contributed by atoms with Gasteiger partial charge < -0.3 is 9.67 Å². The van der Waals surface area contributed by atoms with Gasteiger partial charge in [-0.15, -0.1) is 0 Å². The van der Waals surface area contributed by atoms with Crippen molar-refractivity contribution in [1.29, 1.82) is 0 Å². The van der Waals surface area contributed by atoms with Crippen molar-refractivity contribution in [1.82, 2.24) is 4.57 Å². The second-order valence-corrected chi connectivity index (χ2v) is 7.43. The van der Waals surface area contributed by atoms with Crippen LogP contribution in [0.5, 0.6) is 5.75 Å². The summed E-state index contributed by atoms with van der Waals surface area (Å²) in [6.45, 7) is 4.21. The Kier molecular flexibility index (Phi) is 3.73. The second kappa shape index (κ2) is 6.28. The zero-order valence-corrected chi connectivity index (χ0v) is 16.0. The molecule has 0 aliphatic carbocycles. The van der Waals surface area contributed by atoms with Crippen LogP contribution >= 0.6 is 0 Å². The van der Waals surface area contributed by atoms with Gasteiger partial charge in [0, 0.05) is 17.0 Å². The molecular formula is C26H21NO. The van der Waals surface area contributed by atoms with Crippen LogP contribution in [0.2, 0.25) is 0 Å².